The number of hydrogen-bond acceptors (Lipinski definition) is 2. The number of allylic oxidation sites excluding steroid dienone is 1. The third-order valence-electron chi connectivity index (χ3n) is 2.57. The van der Waals surface area contributed by atoms with Crippen molar-refractivity contribution in [3.63, 3.8) is 0 Å². The Morgan fingerprint density at radius 1 is 1.19 bits per heavy atom. The molecule has 0 spiro atoms. The minimum absolute atomic E-state index is 0.118. The molecular weight excluding hydrogens is 198 g/mol. The van der Waals surface area contributed by atoms with Gasteiger partial charge in [-0.15, -0.1) is 0 Å². The lowest BCUT2D eigenvalue weighted by Gasteiger charge is -2.22. The summed E-state index contributed by atoms with van der Waals surface area (Å²) < 4.78 is 0. The molecule has 2 nitrogen and oxygen atoms in total. The average molecular weight is 217 g/mol. The topological polar surface area (TPSA) is 20.3 Å². The minimum atomic E-state index is 0.118. The molecule has 0 aliphatic rings. The molecule has 2 heteroatoms. The van der Waals surface area contributed by atoms with Crippen LogP contribution in [0.15, 0.2) is 36.0 Å². The lowest BCUT2D eigenvalue weighted by Crippen LogP contribution is -2.25. The van der Waals surface area contributed by atoms with Crippen LogP contribution in [-0.4, -0.2) is 23.8 Å². The molecule has 0 aromatic heterocycles. The quantitative estimate of drug-likeness (QED) is 0.707. The van der Waals surface area contributed by atoms with Gasteiger partial charge < -0.3 is 4.90 Å². The molecule has 0 aliphatic heterocycles. The number of benzene rings is 1. The Hall–Kier alpha value is -1.57. The lowest BCUT2D eigenvalue weighted by molar-refractivity contribution is -0.114. The highest BCUT2D eigenvalue weighted by molar-refractivity contribution is 5.97. The molecule has 86 valence electrons. The fraction of sp³-hybridized carbons (Fsp3) is 0.357. The molecule has 0 saturated carbocycles. The van der Waals surface area contributed by atoms with Gasteiger partial charge in [0.05, 0.1) is 5.70 Å². The van der Waals surface area contributed by atoms with E-state index in [0.29, 0.717) is 0 Å². The zero-order chi connectivity index (χ0) is 12.0. The number of Topliss-reactive ketones (excluding diaryl/α,β-unsaturated/α-hetero) is 1. The second-order valence-corrected chi connectivity index (χ2v) is 3.67. The van der Waals surface area contributed by atoms with Crippen molar-refractivity contribution in [3.05, 3.63) is 41.6 Å². The summed E-state index contributed by atoms with van der Waals surface area (Å²) in [5.74, 6) is 0.118. The average Bonchev–Trinajstić information content (AvgIpc) is 2.30. The summed E-state index contributed by atoms with van der Waals surface area (Å²) in [6.07, 6.45) is 1.95. The first-order valence-electron chi connectivity index (χ1n) is 5.71. The van der Waals surface area contributed by atoms with Crippen LogP contribution in [0.4, 0.5) is 0 Å². The van der Waals surface area contributed by atoms with Gasteiger partial charge in [-0.25, -0.2) is 0 Å². The van der Waals surface area contributed by atoms with Crippen LogP contribution in [0, 0.1) is 0 Å². The van der Waals surface area contributed by atoms with Crippen molar-refractivity contribution in [3.8, 4) is 0 Å². The smallest absolute Gasteiger partial charge is 0.175 e. The Kier molecular flexibility index (Phi) is 4.77. The number of rotatable bonds is 5. The molecule has 0 amide bonds. The molecule has 0 atom stereocenters. The zero-order valence-corrected chi connectivity index (χ0v) is 10.2. The molecule has 0 radical (unpaired) electrons. The Morgan fingerprint density at radius 2 is 1.75 bits per heavy atom. The first-order valence-corrected chi connectivity index (χ1v) is 5.71. The van der Waals surface area contributed by atoms with E-state index >= 15 is 0 Å². The fourth-order valence-corrected chi connectivity index (χ4v) is 1.69. The lowest BCUT2D eigenvalue weighted by atomic mass is 10.1. The molecule has 1 aromatic carbocycles. The maximum atomic E-state index is 11.6. The molecule has 1 aromatic rings. The second-order valence-electron chi connectivity index (χ2n) is 3.67. The van der Waals surface area contributed by atoms with Gasteiger partial charge in [-0.1, -0.05) is 30.3 Å². The first-order chi connectivity index (χ1) is 7.69. The molecular formula is C14H19NO. The van der Waals surface area contributed by atoms with Crippen molar-refractivity contribution in [1.82, 2.24) is 4.90 Å². The van der Waals surface area contributed by atoms with Gasteiger partial charge in [0.1, 0.15) is 0 Å². The number of likely N-dealkylation sites (N-methyl/N-ethyl adjacent to an activating group) is 1. The van der Waals surface area contributed by atoms with Crippen LogP contribution in [0.1, 0.15) is 26.3 Å². The molecule has 0 heterocycles. The normalized spacial score (nSPS) is 11.3. The van der Waals surface area contributed by atoms with E-state index in [1.165, 1.54) is 0 Å². The van der Waals surface area contributed by atoms with Gasteiger partial charge in [0.25, 0.3) is 0 Å². The van der Waals surface area contributed by atoms with Gasteiger partial charge in [0, 0.05) is 20.0 Å². The summed E-state index contributed by atoms with van der Waals surface area (Å²) in [5.41, 5.74) is 1.86. The number of carbonyl (C=O) groups is 1. The van der Waals surface area contributed by atoms with E-state index in [2.05, 4.69) is 18.7 Å². The highest BCUT2D eigenvalue weighted by Gasteiger charge is 2.10. The second kappa shape index (κ2) is 6.11. The molecule has 0 saturated heterocycles. The van der Waals surface area contributed by atoms with Gasteiger partial charge in [-0.2, -0.15) is 0 Å². The van der Waals surface area contributed by atoms with E-state index in [9.17, 15) is 4.79 Å². The van der Waals surface area contributed by atoms with Gasteiger partial charge in [0.15, 0.2) is 5.78 Å². The van der Waals surface area contributed by atoms with Gasteiger partial charge in [-0.05, 0) is 25.5 Å². The van der Waals surface area contributed by atoms with Gasteiger partial charge >= 0.3 is 0 Å². The first kappa shape index (κ1) is 12.5. The molecule has 0 bridgehead atoms. The summed E-state index contributed by atoms with van der Waals surface area (Å²) in [6.45, 7) is 7.45. The molecule has 16 heavy (non-hydrogen) atoms. The summed E-state index contributed by atoms with van der Waals surface area (Å²) in [6, 6.07) is 9.94. The molecule has 0 fully saturated rings. The van der Waals surface area contributed by atoms with Crippen molar-refractivity contribution >= 4 is 11.9 Å². The number of ketones is 1. The van der Waals surface area contributed by atoms with Crippen LogP contribution < -0.4 is 0 Å². The van der Waals surface area contributed by atoms with Crippen LogP contribution >= 0.6 is 0 Å². The van der Waals surface area contributed by atoms with E-state index in [1.807, 2.05) is 36.4 Å². The maximum Gasteiger partial charge on any atom is 0.175 e. The predicted octanol–water partition coefficient (Wildman–Crippen LogP) is 2.96. The third kappa shape index (κ3) is 3.23. The predicted molar refractivity (Wildman–Crippen MR) is 68.0 cm³/mol. The minimum Gasteiger partial charge on any atom is -0.369 e. The van der Waals surface area contributed by atoms with Crippen LogP contribution in [0.25, 0.3) is 6.08 Å². The monoisotopic (exact) mass is 217 g/mol. The van der Waals surface area contributed by atoms with Crippen molar-refractivity contribution in [2.75, 3.05) is 13.1 Å². The van der Waals surface area contributed by atoms with E-state index in [-0.39, 0.29) is 5.78 Å². The van der Waals surface area contributed by atoms with Crippen LogP contribution in [-0.2, 0) is 4.79 Å². The Balaban J connectivity index is 3.02. The van der Waals surface area contributed by atoms with Gasteiger partial charge in [-0.3, -0.25) is 4.79 Å². The highest BCUT2D eigenvalue weighted by Crippen LogP contribution is 2.11. The van der Waals surface area contributed by atoms with Crippen molar-refractivity contribution < 1.29 is 4.79 Å². The summed E-state index contributed by atoms with van der Waals surface area (Å²) >= 11 is 0. The van der Waals surface area contributed by atoms with E-state index in [0.717, 1.165) is 24.4 Å². The van der Waals surface area contributed by atoms with E-state index in [1.54, 1.807) is 6.92 Å². The van der Waals surface area contributed by atoms with E-state index in [4.69, 9.17) is 0 Å². The zero-order valence-electron chi connectivity index (χ0n) is 10.2. The Labute approximate surface area is 97.6 Å². The van der Waals surface area contributed by atoms with Crippen LogP contribution in [0.5, 0.6) is 0 Å². The van der Waals surface area contributed by atoms with Crippen molar-refractivity contribution in [2.45, 2.75) is 20.8 Å². The molecule has 1 rings (SSSR count). The summed E-state index contributed by atoms with van der Waals surface area (Å²) in [4.78, 5) is 13.7. The van der Waals surface area contributed by atoms with Crippen molar-refractivity contribution in [1.29, 1.82) is 0 Å². The van der Waals surface area contributed by atoms with E-state index < -0.39 is 0 Å². The molecule has 0 N–H and O–H groups in total. The van der Waals surface area contributed by atoms with Crippen LogP contribution in [0.3, 0.4) is 0 Å². The third-order valence-corrected chi connectivity index (χ3v) is 2.57. The SMILES string of the molecule is CCN(CC)C(=Cc1ccccc1)C(C)=O. The Bertz CT molecular complexity index is 364. The molecule has 0 aliphatic carbocycles. The summed E-state index contributed by atoms with van der Waals surface area (Å²) in [5, 5.41) is 0. The maximum absolute atomic E-state index is 11.6. The summed E-state index contributed by atoms with van der Waals surface area (Å²) in [7, 11) is 0. The number of hydrogen-bond donors (Lipinski definition) is 0. The number of carbonyl (C=O) groups excluding carboxylic acids is 1. The fourth-order valence-electron chi connectivity index (χ4n) is 1.69. The largest absolute Gasteiger partial charge is 0.369 e. The van der Waals surface area contributed by atoms with Gasteiger partial charge in [0.2, 0.25) is 0 Å². The highest BCUT2D eigenvalue weighted by atomic mass is 16.1. The van der Waals surface area contributed by atoms with Crippen LogP contribution in [0.2, 0.25) is 0 Å². The molecule has 0 unspecified atom stereocenters. The standard InChI is InChI=1S/C14H19NO/c1-4-15(5-2)14(12(3)16)11-13-9-7-6-8-10-13/h6-11H,4-5H2,1-3H3. The van der Waals surface area contributed by atoms with Crippen molar-refractivity contribution in [2.24, 2.45) is 0 Å². The Morgan fingerprint density at radius 3 is 2.19 bits per heavy atom. The number of nitrogens with zero attached hydrogens (tertiary/aromatic N) is 1.